The van der Waals surface area contributed by atoms with E-state index in [1.54, 1.807) is 0 Å². The third-order valence-corrected chi connectivity index (χ3v) is 4.57. The summed E-state index contributed by atoms with van der Waals surface area (Å²) in [6, 6.07) is 3.83. The van der Waals surface area contributed by atoms with E-state index >= 15 is 0 Å². The zero-order chi connectivity index (χ0) is 12.8. The van der Waals surface area contributed by atoms with E-state index in [4.69, 9.17) is 4.74 Å². The summed E-state index contributed by atoms with van der Waals surface area (Å²) in [5, 5.41) is 1.95. The molecule has 100 valence electrons. The van der Waals surface area contributed by atoms with E-state index in [1.807, 2.05) is 17.5 Å². The number of thiophene rings is 1. The zero-order valence-electron chi connectivity index (χ0n) is 11.1. The van der Waals surface area contributed by atoms with E-state index in [-0.39, 0.29) is 5.78 Å². The Labute approximate surface area is 113 Å². The number of Topliss-reactive ketones (excluding diaryl/α,β-unsaturated/α-hetero) is 1. The maximum atomic E-state index is 11.8. The minimum atomic E-state index is 0.255. The van der Waals surface area contributed by atoms with Crippen LogP contribution in [0.25, 0.3) is 0 Å². The molecule has 2 nitrogen and oxygen atoms in total. The van der Waals surface area contributed by atoms with Crippen molar-refractivity contribution < 1.29 is 9.53 Å². The molecule has 0 amide bonds. The number of ketones is 1. The lowest BCUT2D eigenvalue weighted by molar-refractivity contribution is 0.0181. The molecule has 0 N–H and O–H groups in total. The summed E-state index contributed by atoms with van der Waals surface area (Å²) >= 11 is 1.53. The van der Waals surface area contributed by atoms with Gasteiger partial charge in [-0.1, -0.05) is 13.0 Å². The maximum absolute atomic E-state index is 11.8. The molecule has 1 aliphatic carbocycles. The minimum Gasteiger partial charge on any atom is -0.378 e. The van der Waals surface area contributed by atoms with Gasteiger partial charge in [-0.25, -0.2) is 0 Å². The molecule has 1 heterocycles. The van der Waals surface area contributed by atoms with Crippen molar-refractivity contribution in [1.29, 1.82) is 0 Å². The highest BCUT2D eigenvalue weighted by Gasteiger charge is 2.18. The van der Waals surface area contributed by atoms with Crippen LogP contribution in [0.5, 0.6) is 0 Å². The Bertz CT molecular complexity index is 351. The molecule has 0 spiro atoms. The first-order valence-corrected chi connectivity index (χ1v) is 7.82. The third-order valence-electron chi connectivity index (χ3n) is 3.66. The summed E-state index contributed by atoms with van der Waals surface area (Å²) in [6.07, 6.45) is 6.88. The van der Waals surface area contributed by atoms with Crippen LogP contribution in [0, 0.1) is 5.92 Å². The molecule has 3 heteroatoms. The molecule has 1 aromatic heterocycles. The Morgan fingerprint density at radius 1 is 1.39 bits per heavy atom. The highest BCUT2D eigenvalue weighted by atomic mass is 32.1. The second-order valence-electron chi connectivity index (χ2n) is 5.26. The van der Waals surface area contributed by atoms with E-state index in [1.165, 1.54) is 37.0 Å². The van der Waals surface area contributed by atoms with Crippen LogP contribution >= 0.6 is 11.3 Å². The van der Waals surface area contributed by atoms with Crippen LogP contribution in [-0.2, 0) is 4.74 Å². The first kappa shape index (κ1) is 13.8. The Morgan fingerprint density at radius 3 is 2.83 bits per heavy atom. The average molecular weight is 266 g/mol. The number of hydrogen-bond donors (Lipinski definition) is 0. The van der Waals surface area contributed by atoms with Crippen molar-refractivity contribution in [1.82, 2.24) is 0 Å². The molecule has 0 radical (unpaired) electrons. The Balaban J connectivity index is 1.57. The molecule has 2 rings (SSSR count). The normalized spacial score (nSPS) is 24.1. The van der Waals surface area contributed by atoms with E-state index in [9.17, 15) is 4.79 Å². The van der Waals surface area contributed by atoms with Crippen LogP contribution in [-0.4, -0.2) is 18.5 Å². The molecule has 0 atom stereocenters. The lowest BCUT2D eigenvalue weighted by Gasteiger charge is -2.26. The average Bonchev–Trinajstić information content (AvgIpc) is 2.90. The van der Waals surface area contributed by atoms with E-state index in [2.05, 4.69) is 6.92 Å². The molecular weight excluding hydrogens is 244 g/mol. The summed E-state index contributed by atoms with van der Waals surface area (Å²) in [6.45, 7) is 3.05. The van der Waals surface area contributed by atoms with Gasteiger partial charge in [-0.15, -0.1) is 11.3 Å². The van der Waals surface area contributed by atoms with Crippen molar-refractivity contribution in [3.05, 3.63) is 22.4 Å². The third kappa shape index (κ3) is 4.21. The highest BCUT2D eigenvalue weighted by molar-refractivity contribution is 7.12. The van der Waals surface area contributed by atoms with Crippen LogP contribution in [0.2, 0.25) is 0 Å². The smallest absolute Gasteiger partial charge is 0.172 e. The van der Waals surface area contributed by atoms with Gasteiger partial charge in [-0.05, 0) is 49.5 Å². The van der Waals surface area contributed by atoms with Gasteiger partial charge in [0, 0.05) is 13.0 Å². The number of rotatable bonds is 6. The van der Waals surface area contributed by atoms with Crippen molar-refractivity contribution in [2.45, 2.75) is 51.6 Å². The van der Waals surface area contributed by atoms with Gasteiger partial charge in [0.1, 0.15) is 0 Å². The van der Waals surface area contributed by atoms with E-state index in [0.717, 1.165) is 23.8 Å². The van der Waals surface area contributed by atoms with Crippen molar-refractivity contribution in [2.24, 2.45) is 5.92 Å². The molecule has 1 saturated carbocycles. The highest BCUT2D eigenvalue weighted by Crippen LogP contribution is 2.25. The fourth-order valence-corrected chi connectivity index (χ4v) is 3.13. The molecule has 0 saturated heterocycles. The first-order chi connectivity index (χ1) is 8.75. The molecular formula is C15H22O2S. The maximum Gasteiger partial charge on any atom is 0.172 e. The summed E-state index contributed by atoms with van der Waals surface area (Å²) in [7, 11) is 0. The van der Waals surface area contributed by atoms with Crippen LogP contribution < -0.4 is 0 Å². The van der Waals surface area contributed by atoms with Crippen LogP contribution in [0.4, 0.5) is 0 Å². The monoisotopic (exact) mass is 266 g/mol. The van der Waals surface area contributed by atoms with Gasteiger partial charge in [-0.3, -0.25) is 4.79 Å². The number of hydrogen-bond acceptors (Lipinski definition) is 3. The molecule has 0 bridgehead atoms. The zero-order valence-corrected chi connectivity index (χ0v) is 11.9. The second-order valence-corrected chi connectivity index (χ2v) is 6.20. The summed E-state index contributed by atoms with van der Waals surface area (Å²) in [4.78, 5) is 12.6. The van der Waals surface area contributed by atoms with Gasteiger partial charge in [0.25, 0.3) is 0 Å². The predicted molar refractivity (Wildman–Crippen MR) is 75.3 cm³/mol. The standard InChI is InChI=1S/C15H22O2S/c1-12-6-8-13(9-7-12)17-10-2-4-14(16)15-5-3-11-18-15/h3,5,11-13H,2,4,6-10H2,1H3. The van der Waals surface area contributed by atoms with Crippen LogP contribution in [0.15, 0.2) is 17.5 Å². The molecule has 0 aromatic carbocycles. The van der Waals surface area contributed by atoms with Gasteiger partial charge in [-0.2, -0.15) is 0 Å². The topological polar surface area (TPSA) is 26.3 Å². The molecule has 1 aromatic rings. The largest absolute Gasteiger partial charge is 0.378 e. The molecule has 0 unspecified atom stereocenters. The van der Waals surface area contributed by atoms with Gasteiger partial charge in [0.05, 0.1) is 11.0 Å². The van der Waals surface area contributed by atoms with Gasteiger partial charge < -0.3 is 4.74 Å². The second kappa shape index (κ2) is 7.05. The minimum absolute atomic E-state index is 0.255. The van der Waals surface area contributed by atoms with Gasteiger partial charge in [0.2, 0.25) is 0 Å². The van der Waals surface area contributed by atoms with Crippen molar-refractivity contribution in [2.75, 3.05) is 6.61 Å². The van der Waals surface area contributed by atoms with Crippen molar-refractivity contribution >= 4 is 17.1 Å². The summed E-state index contributed by atoms with van der Waals surface area (Å²) in [5.74, 6) is 1.12. The van der Waals surface area contributed by atoms with Crippen LogP contribution in [0.3, 0.4) is 0 Å². The Kier molecular flexibility index (Phi) is 5.39. The van der Waals surface area contributed by atoms with Crippen molar-refractivity contribution in [3.8, 4) is 0 Å². The Morgan fingerprint density at radius 2 is 2.17 bits per heavy atom. The SMILES string of the molecule is CC1CCC(OCCCC(=O)c2cccs2)CC1. The van der Waals surface area contributed by atoms with Gasteiger partial charge >= 0.3 is 0 Å². The lowest BCUT2D eigenvalue weighted by Crippen LogP contribution is -2.21. The lowest BCUT2D eigenvalue weighted by atomic mass is 9.89. The first-order valence-electron chi connectivity index (χ1n) is 6.94. The molecule has 1 aliphatic rings. The fraction of sp³-hybridized carbons (Fsp3) is 0.667. The van der Waals surface area contributed by atoms with Crippen LogP contribution in [0.1, 0.15) is 55.1 Å². The van der Waals surface area contributed by atoms with Gasteiger partial charge in [0.15, 0.2) is 5.78 Å². The number of ether oxygens (including phenoxy) is 1. The number of carbonyl (C=O) groups is 1. The summed E-state index contributed by atoms with van der Waals surface area (Å²) in [5.41, 5.74) is 0. The molecule has 1 fully saturated rings. The van der Waals surface area contributed by atoms with E-state index < -0.39 is 0 Å². The predicted octanol–water partition coefficient (Wildman–Crippen LogP) is 4.31. The molecule has 18 heavy (non-hydrogen) atoms. The fourth-order valence-electron chi connectivity index (χ4n) is 2.44. The van der Waals surface area contributed by atoms with E-state index in [0.29, 0.717) is 12.5 Å². The molecule has 0 aliphatic heterocycles. The quantitative estimate of drug-likeness (QED) is 0.566. The van der Waals surface area contributed by atoms with Crippen molar-refractivity contribution in [3.63, 3.8) is 0 Å². The number of carbonyl (C=O) groups excluding carboxylic acids is 1. The Hall–Kier alpha value is -0.670. The summed E-state index contributed by atoms with van der Waals surface area (Å²) < 4.78 is 5.85.